The maximum atomic E-state index is 13.1. The SMILES string of the molecule is Cc1cccc(C(=O)NC2CCC(N(C)c3cccc4nc(C(F)(F)F)cn34)CC2)c1. The third kappa shape index (κ3) is 4.52. The summed E-state index contributed by atoms with van der Waals surface area (Å²) in [7, 11) is 1.90. The van der Waals surface area contributed by atoms with Gasteiger partial charge in [0.1, 0.15) is 11.5 Å². The molecule has 4 rings (SSSR count). The van der Waals surface area contributed by atoms with E-state index >= 15 is 0 Å². The van der Waals surface area contributed by atoms with Crippen LogP contribution in [0, 0.1) is 6.92 Å². The van der Waals surface area contributed by atoms with Gasteiger partial charge >= 0.3 is 6.18 Å². The van der Waals surface area contributed by atoms with E-state index in [2.05, 4.69) is 10.3 Å². The van der Waals surface area contributed by atoms with Gasteiger partial charge in [0.25, 0.3) is 5.91 Å². The average Bonchev–Trinajstić information content (AvgIpc) is 3.19. The van der Waals surface area contributed by atoms with E-state index in [1.54, 1.807) is 18.2 Å². The second-order valence-corrected chi connectivity index (χ2v) is 8.20. The van der Waals surface area contributed by atoms with E-state index in [4.69, 9.17) is 0 Å². The molecule has 2 aromatic heterocycles. The fourth-order valence-corrected chi connectivity index (χ4v) is 4.27. The highest BCUT2D eigenvalue weighted by Crippen LogP contribution is 2.31. The van der Waals surface area contributed by atoms with Crippen molar-refractivity contribution in [2.24, 2.45) is 0 Å². The van der Waals surface area contributed by atoms with Crippen molar-refractivity contribution < 1.29 is 18.0 Å². The van der Waals surface area contributed by atoms with Gasteiger partial charge in [0.2, 0.25) is 0 Å². The number of halogens is 3. The molecule has 31 heavy (non-hydrogen) atoms. The molecule has 1 fully saturated rings. The number of nitrogens with one attached hydrogen (secondary N) is 1. The summed E-state index contributed by atoms with van der Waals surface area (Å²) in [6, 6.07) is 12.9. The highest BCUT2D eigenvalue weighted by atomic mass is 19.4. The second-order valence-electron chi connectivity index (χ2n) is 8.20. The van der Waals surface area contributed by atoms with Gasteiger partial charge in [-0.3, -0.25) is 9.20 Å². The van der Waals surface area contributed by atoms with Crippen molar-refractivity contribution in [1.82, 2.24) is 14.7 Å². The highest BCUT2D eigenvalue weighted by Gasteiger charge is 2.34. The topological polar surface area (TPSA) is 49.6 Å². The van der Waals surface area contributed by atoms with E-state index in [0.717, 1.165) is 37.4 Å². The number of aryl methyl sites for hydroxylation is 1. The number of fused-ring (bicyclic) bond motifs is 1. The van der Waals surface area contributed by atoms with Crippen molar-refractivity contribution in [2.45, 2.75) is 50.9 Å². The monoisotopic (exact) mass is 430 g/mol. The molecule has 164 valence electrons. The zero-order chi connectivity index (χ0) is 22.2. The van der Waals surface area contributed by atoms with Gasteiger partial charge in [-0.1, -0.05) is 23.8 Å². The number of carbonyl (C=O) groups is 1. The zero-order valence-corrected chi connectivity index (χ0v) is 17.5. The van der Waals surface area contributed by atoms with E-state index in [-0.39, 0.29) is 23.6 Å². The van der Waals surface area contributed by atoms with Gasteiger partial charge in [-0.15, -0.1) is 0 Å². The summed E-state index contributed by atoms with van der Waals surface area (Å²) in [5, 5.41) is 3.11. The molecule has 1 N–H and O–H groups in total. The Morgan fingerprint density at radius 3 is 2.52 bits per heavy atom. The fourth-order valence-electron chi connectivity index (χ4n) is 4.27. The molecule has 1 amide bonds. The Bertz CT molecular complexity index is 1080. The molecule has 8 heteroatoms. The van der Waals surface area contributed by atoms with E-state index in [0.29, 0.717) is 11.4 Å². The smallest absolute Gasteiger partial charge is 0.358 e. The Balaban J connectivity index is 1.42. The molecule has 0 atom stereocenters. The lowest BCUT2D eigenvalue weighted by atomic mass is 9.90. The van der Waals surface area contributed by atoms with Crippen LogP contribution < -0.4 is 10.2 Å². The van der Waals surface area contributed by atoms with E-state index < -0.39 is 11.9 Å². The minimum absolute atomic E-state index is 0.0663. The molecular formula is C23H25F3N4O. The molecule has 0 aliphatic heterocycles. The number of aromatic nitrogens is 2. The van der Waals surface area contributed by atoms with Crippen molar-refractivity contribution in [1.29, 1.82) is 0 Å². The number of carbonyl (C=O) groups excluding carboxylic acids is 1. The number of rotatable bonds is 4. The molecule has 1 aliphatic rings. The first-order valence-electron chi connectivity index (χ1n) is 10.4. The summed E-state index contributed by atoms with van der Waals surface area (Å²) in [5.41, 5.74) is 1.08. The first-order chi connectivity index (χ1) is 14.7. The van der Waals surface area contributed by atoms with Crippen molar-refractivity contribution in [3.63, 3.8) is 0 Å². The minimum Gasteiger partial charge on any atom is -0.358 e. The normalized spacial score (nSPS) is 19.4. The maximum Gasteiger partial charge on any atom is 0.434 e. The van der Waals surface area contributed by atoms with Crippen LogP contribution in [0.5, 0.6) is 0 Å². The highest BCUT2D eigenvalue weighted by molar-refractivity contribution is 5.94. The Hall–Kier alpha value is -3.03. The summed E-state index contributed by atoms with van der Waals surface area (Å²) < 4.78 is 40.7. The van der Waals surface area contributed by atoms with Crippen LogP contribution in [0.2, 0.25) is 0 Å². The molecule has 0 radical (unpaired) electrons. The predicted octanol–water partition coefficient (Wildman–Crippen LogP) is 4.84. The molecule has 1 saturated carbocycles. The van der Waals surface area contributed by atoms with Crippen LogP contribution in [0.25, 0.3) is 5.65 Å². The molecule has 0 unspecified atom stereocenters. The Kier molecular flexibility index (Phi) is 5.64. The molecule has 5 nitrogen and oxygen atoms in total. The fraction of sp³-hybridized carbons (Fsp3) is 0.391. The zero-order valence-electron chi connectivity index (χ0n) is 17.5. The number of nitrogens with zero attached hydrogens (tertiary/aromatic N) is 3. The van der Waals surface area contributed by atoms with Crippen LogP contribution in [0.4, 0.5) is 19.0 Å². The summed E-state index contributed by atoms with van der Waals surface area (Å²) in [4.78, 5) is 18.2. The number of amides is 1. The number of hydrogen-bond donors (Lipinski definition) is 1. The van der Waals surface area contributed by atoms with Crippen LogP contribution in [-0.2, 0) is 6.18 Å². The molecule has 0 saturated heterocycles. The van der Waals surface area contributed by atoms with Gasteiger partial charge in [0.15, 0.2) is 5.69 Å². The molecule has 0 spiro atoms. The first-order valence-corrected chi connectivity index (χ1v) is 10.4. The van der Waals surface area contributed by atoms with Crippen molar-refractivity contribution >= 4 is 17.4 Å². The molecule has 0 bridgehead atoms. The van der Waals surface area contributed by atoms with Crippen molar-refractivity contribution in [2.75, 3.05) is 11.9 Å². The number of hydrogen-bond acceptors (Lipinski definition) is 3. The van der Waals surface area contributed by atoms with Gasteiger partial charge in [-0.25, -0.2) is 4.98 Å². The molecular weight excluding hydrogens is 405 g/mol. The summed E-state index contributed by atoms with van der Waals surface area (Å²) >= 11 is 0. The molecule has 1 aliphatic carbocycles. The predicted molar refractivity (Wildman–Crippen MR) is 113 cm³/mol. The molecule has 3 aromatic rings. The van der Waals surface area contributed by atoms with E-state index in [1.165, 1.54) is 4.40 Å². The lowest BCUT2D eigenvalue weighted by molar-refractivity contribution is -0.140. The van der Waals surface area contributed by atoms with Crippen molar-refractivity contribution in [3.05, 3.63) is 65.5 Å². The van der Waals surface area contributed by atoms with Gasteiger partial charge in [-0.2, -0.15) is 13.2 Å². The quantitative estimate of drug-likeness (QED) is 0.645. The minimum atomic E-state index is -4.48. The third-order valence-corrected chi connectivity index (χ3v) is 5.98. The van der Waals surface area contributed by atoms with Crippen LogP contribution in [0.1, 0.15) is 47.3 Å². The van der Waals surface area contributed by atoms with E-state index in [1.807, 2.05) is 43.1 Å². The Labute approximate surface area is 178 Å². The number of benzene rings is 1. The van der Waals surface area contributed by atoms with Crippen LogP contribution in [0.15, 0.2) is 48.7 Å². The van der Waals surface area contributed by atoms with Crippen molar-refractivity contribution in [3.8, 4) is 0 Å². The average molecular weight is 430 g/mol. The maximum absolute atomic E-state index is 13.1. The standard InChI is InChI=1S/C23H25F3N4O/c1-15-5-3-6-16(13-15)22(31)27-17-9-11-18(12-10-17)29(2)21-8-4-7-20-28-19(14-30(20)21)23(24,25)26/h3-8,13-14,17-18H,9-12H2,1-2H3,(H,27,31). The lowest BCUT2D eigenvalue weighted by Crippen LogP contribution is -2.43. The van der Waals surface area contributed by atoms with Gasteiger partial charge < -0.3 is 10.2 Å². The number of imidazole rings is 1. The number of anilines is 1. The number of pyridine rings is 1. The number of alkyl halides is 3. The molecule has 1 aromatic carbocycles. The van der Waals surface area contributed by atoms with Gasteiger partial charge in [0.05, 0.1) is 0 Å². The lowest BCUT2D eigenvalue weighted by Gasteiger charge is -2.36. The molecule has 2 heterocycles. The Morgan fingerprint density at radius 2 is 1.84 bits per heavy atom. The Morgan fingerprint density at radius 1 is 1.13 bits per heavy atom. The first kappa shape index (κ1) is 21.2. The van der Waals surface area contributed by atoms with Crippen LogP contribution >= 0.6 is 0 Å². The van der Waals surface area contributed by atoms with Gasteiger partial charge in [0, 0.05) is 30.9 Å². The summed E-state index contributed by atoms with van der Waals surface area (Å²) in [6.45, 7) is 1.95. The van der Waals surface area contributed by atoms with E-state index in [9.17, 15) is 18.0 Å². The van der Waals surface area contributed by atoms with Crippen LogP contribution in [0.3, 0.4) is 0 Å². The summed E-state index contributed by atoms with van der Waals surface area (Å²) in [6.07, 6.45) is -0.107. The van der Waals surface area contributed by atoms with Gasteiger partial charge in [-0.05, 0) is 56.9 Å². The second kappa shape index (κ2) is 8.24. The van der Waals surface area contributed by atoms with Crippen LogP contribution in [-0.4, -0.2) is 34.4 Å². The third-order valence-electron chi connectivity index (χ3n) is 5.98. The largest absolute Gasteiger partial charge is 0.434 e. The summed E-state index contributed by atoms with van der Waals surface area (Å²) in [5.74, 6) is 0.608.